The number of Topliss-reactive ketones (excluding diaryl/α,β-unsaturated/α-hetero) is 1. The molecular formula is C13H22N2O3. The highest BCUT2D eigenvalue weighted by Crippen LogP contribution is 2.30. The van der Waals surface area contributed by atoms with Gasteiger partial charge in [0.1, 0.15) is 11.4 Å². The number of carbonyl (C=O) groups is 1. The molecule has 0 saturated carbocycles. The van der Waals surface area contributed by atoms with Crippen LogP contribution in [0.2, 0.25) is 0 Å². The summed E-state index contributed by atoms with van der Waals surface area (Å²) in [7, 11) is 1.64. The minimum atomic E-state index is -0.504. The normalized spacial score (nSPS) is 11.8. The van der Waals surface area contributed by atoms with Gasteiger partial charge in [0.05, 0.1) is 6.42 Å². The summed E-state index contributed by atoms with van der Waals surface area (Å²) in [6.07, 6.45) is 3.14. The first-order valence-corrected chi connectivity index (χ1v) is 6.51. The molecule has 0 aliphatic carbocycles. The van der Waals surface area contributed by atoms with Crippen molar-refractivity contribution in [2.45, 2.75) is 58.5 Å². The van der Waals surface area contributed by atoms with E-state index in [1.807, 2.05) is 20.8 Å². The number of carbonyl (C=O) groups excluding carboxylic acids is 1. The van der Waals surface area contributed by atoms with Crippen molar-refractivity contribution in [3.05, 3.63) is 11.7 Å². The molecule has 0 amide bonds. The fourth-order valence-electron chi connectivity index (χ4n) is 1.99. The Morgan fingerprint density at radius 1 is 1.33 bits per heavy atom. The van der Waals surface area contributed by atoms with Gasteiger partial charge in [-0.3, -0.25) is 4.79 Å². The van der Waals surface area contributed by atoms with Crippen LogP contribution in [0.4, 0.5) is 0 Å². The van der Waals surface area contributed by atoms with Crippen LogP contribution in [0.25, 0.3) is 0 Å². The largest absolute Gasteiger partial charge is 0.370 e. The van der Waals surface area contributed by atoms with Crippen molar-refractivity contribution >= 4 is 5.78 Å². The number of aromatic nitrogens is 2. The van der Waals surface area contributed by atoms with Crippen LogP contribution in [0.5, 0.6) is 0 Å². The highest BCUT2D eigenvalue weighted by atomic mass is 16.5. The minimum Gasteiger partial charge on any atom is -0.370 e. The van der Waals surface area contributed by atoms with Gasteiger partial charge in [0.2, 0.25) is 11.7 Å². The SMILES string of the molecule is CCCC(=O)Cc1nc(C(CC)(CC)OC)no1. The number of ether oxygens (including phenoxy) is 1. The van der Waals surface area contributed by atoms with Crippen LogP contribution in [-0.2, 0) is 21.6 Å². The second kappa shape index (κ2) is 6.64. The fourth-order valence-corrected chi connectivity index (χ4v) is 1.99. The quantitative estimate of drug-likeness (QED) is 0.713. The summed E-state index contributed by atoms with van der Waals surface area (Å²) in [5, 5.41) is 3.95. The standard InChI is InChI=1S/C13H22N2O3/c1-5-8-10(16)9-11-14-12(15-18-11)13(6-2,7-3)17-4/h5-9H2,1-4H3. The molecular weight excluding hydrogens is 232 g/mol. The predicted octanol–water partition coefficient (Wildman–Crippen LogP) is 2.64. The van der Waals surface area contributed by atoms with E-state index >= 15 is 0 Å². The summed E-state index contributed by atoms with van der Waals surface area (Å²) >= 11 is 0. The molecule has 0 radical (unpaired) electrons. The molecule has 0 bridgehead atoms. The Labute approximate surface area is 108 Å². The number of ketones is 1. The monoisotopic (exact) mass is 254 g/mol. The topological polar surface area (TPSA) is 65.2 Å². The van der Waals surface area contributed by atoms with Crippen LogP contribution in [0.3, 0.4) is 0 Å². The van der Waals surface area contributed by atoms with Gasteiger partial charge in [-0.05, 0) is 19.3 Å². The smallest absolute Gasteiger partial charge is 0.234 e. The first-order valence-electron chi connectivity index (χ1n) is 6.51. The first-order chi connectivity index (χ1) is 8.61. The molecule has 1 heterocycles. The molecule has 0 aliphatic rings. The van der Waals surface area contributed by atoms with Crippen LogP contribution in [-0.4, -0.2) is 23.0 Å². The number of rotatable bonds is 8. The van der Waals surface area contributed by atoms with Crippen molar-refractivity contribution in [1.82, 2.24) is 10.1 Å². The van der Waals surface area contributed by atoms with E-state index in [0.29, 0.717) is 18.1 Å². The third kappa shape index (κ3) is 3.16. The van der Waals surface area contributed by atoms with Crippen molar-refractivity contribution in [3.8, 4) is 0 Å². The lowest BCUT2D eigenvalue weighted by molar-refractivity contribution is -0.118. The molecule has 0 saturated heterocycles. The third-order valence-electron chi connectivity index (χ3n) is 3.29. The lowest BCUT2D eigenvalue weighted by Gasteiger charge is -2.25. The summed E-state index contributed by atoms with van der Waals surface area (Å²) in [5.41, 5.74) is -0.504. The number of hydrogen-bond acceptors (Lipinski definition) is 5. The number of methoxy groups -OCH3 is 1. The van der Waals surface area contributed by atoms with Crippen molar-refractivity contribution in [3.63, 3.8) is 0 Å². The molecule has 0 aliphatic heterocycles. The zero-order chi connectivity index (χ0) is 13.6. The van der Waals surface area contributed by atoms with Crippen LogP contribution < -0.4 is 0 Å². The Hall–Kier alpha value is -1.23. The lowest BCUT2D eigenvalue weighted by atomic mass is 9.96. The zero-order valence-corrected chi connectivity index (χ0v) is 11.7. The summed E-state index contributed by atoms with van der Waals surface area (Å²) in [6.45, 7) is 6.01. The van der Waals surface area contributed by atoms with Gasteiger partial charge in [0.15, 0.2) is 0 Å². The van der Waals surface area contributed by atoms with E-state index in [2.05, 4.69) is 10.1 Å². The molecule has 0 unspecified atom stereocenters. The molecule has 1 aromatic rings. The molecule has 5 nitrogen and oxygen atoms in total. The van der Waals surface area contributed by atoms with Gasteiger partial charge in [-0.15, -0.1) is 0 Å². The molecule has 0 spiro atoms. The van der Waals surface area contributed by atoms with Gasteiger partial charge in [-0.2, -0.15) is 4.98 Å². The fraction of sp³-hybridized carbons (Fsp3) is 0.769. The molecule has 1 rings (SSSR count). The van der Waals surface area contributed by atoms with Crippen molar-refractivity contribution in [2.75, 3.05) is 7.11 Å². The minimum absolute atomic E-state index is 0.128. The summed E-state index contributed by atoms with van der Waals surface area (Å²) in [4.78, 5) is 15.8. The molecule has 0 N–H and O–H groups in total. The van der Waals surface area contributed by atoms with E-state index in [0.717, 1.165) is 19.3 Å². The van der Waals surface area contributed by atoms with E-state index in [9.17, 15) is 4.79 Å². The number of hydrogen-bond donors (Lipinski definition) is 0. The first kappa shape index (κ1) is 14.8. The second-order valence-electron chi connectivity index (χ2n) is 4.38. The second-order valence-corrected chi connectivity index (χ2v) is 4.38. The van der Waals surface area contributed by atoms with Gasteiger partial charge in [0, 0.05) is 13.5 Å². The maximum absolute atomic E-state index is 11.5. The molecule has 102 valence electrons. The summed E-state index contributed by atoms with van der Waals surface area (Å²) in [6, 6.07) is 0. The van der Waals surface area contributed by atoms with Gasteiger partial charge < -0.3 is 9.26 Å². The molecule has 0 atom stereocenters. The van der Waals surface area contributed by atoms with Crippen LogP contribution in [0, 0.1) is 0 Å². The highest BCUT2D eigenvalue weighted by Gasteiger charge is 2.33. The van der Waals surface area contributed by atoms with Crippen LogP contribution in [0.15, 0.2) is 4.52 Å². The Morgan fingerprint density at radius 2 is 2.00 bits per heavy atom. The summed E-state index contributed by atoms with van der Waals surface area (Å²) < 4.78 is 10.6. The van der Waals surface area contributed by atoms with E-state index < -0.39 is 5.60 Å². The van der Waals surface area contributed by atoms with Gasteiger partial charge in [-0.1, -0.05) is 25.9 Å². The van der Waals surface area contributed by atoms with E-state index in [1.54, 1.807) is 7.11 Å². The van der Waals surface area contributed by atoms with Gasteiger partial charge in [-0.25, -0.2) is 0 Å². The van der Waals surface area contributed by atoms with Crippen LogP contribution in [0.1, 0.15) is 58.2 Å². The highest BCUT2D eigenvalue weighted by molar-refractivity contribution is 5.79. The average Bonchev–Trinajstić information content (AvgIpc) is 2.81. The Bertz CT molecular complexity index is 375. The van der Waals surface area contributed by atoms with E-state index in [-0.39, 0.29) is 12.2 Å². The average molecular weight is 254 g/mol. The van der Waals surface area contributed by atoms with E-state index in [4.69, 9.17) is 9.26 Å². The Morgan fingerprint density at radius 3 is 2.50 bits per heavy atom. The van der Waals surface area contributed by atoms with Crippen LogP contribution >= 0.6 is 0 Å². The third-order valence-corrected chi connectivity index (χ3v) is 3.29. The Balaban J connectivity index is 2.81. The van der Waals surface area contributed by atoms with Gasteiger partial charge >= 0.3 is 0 Å². The lowest BCUT2D eigenvalue weighted by Crippen LogP contribution is -2.28. The van der Waals surface area contributed by atoms with Gasteiger partial charge in [0.25, 0.3) is 0 Å². The summed E-state index contributed by atoms with van der Waals surface area (Å²) in [5.74, 6) is 1.05. The maximum atomic E-state index is 11.5. The maximum Gasteiger partial charge on any atom is 0.234 e. The molecule has 0 fully saturated rings. The molecule has 1 aromatic heterocycles. The molecule has 5 heteroatoms. The zero-order valence-electron chi connectivity index (χ0n) is 11.7. The molecule has 18 heavy (non-hydrogen) atoms. The number of nitrogens with zero attached hydrogens (tertiary/aromatic N) is 2. The van der Waals surface area contributed by atoms with Crippen molar-refractivity contribution in [2.24, 2.45) is 0 Å². The predicted molar refractivity (Wildman–Crippen MR) is 67.2 cm³/mol. The van der Waals surface area contributed by atoms with E-state index in [1.165, 1.54) is 0 Å². The van der Waals surface area contributed by atoms with Crippen molar-refractivity contribution in [1.29, 1.82) is 0 Å². The Kier molecular flexibility index (Phi) is 5.47. The molecule has 0 aromatic carbocycles. The van der Waals surface area contributed by atoms with Crippen molar-refractivity contribution < 1.29 is 14.1 Å².